The summed E-state index contributed by atoms with van der Waals surface area (Å²) in [5, 5.41) is 2.24. The summed E-state index contributed by atoms with van der Waals surface area (Å²) < 4.78 is 0. The molecular formula is C3H5S2+. The molecule has 0 amide bonds. The molecule has 0 saturated carbocycles. The Morgan fingerprint density at radius 3 is 3.00 bits per heavy atom. The van der Waals surface area contributed by atoms with Crippen molar-refractivity contribution in [3.63, 3.8) is 0 Å². The Bertz CT molecular complexity index is 42.9. The van der Waals surface area contributed by atoms with E-state index in [-0.39, 0.29) is 0 Å². The van der Waals surface area contributed by atoms with Crippen molar-refractivity contribution in [2.75, 3.05) is 5.75 Å². The van der Waals surface area contributed by atoms with Crippen LogP contribution in [0.3, 0.4) is 0 Å². The molecule has 0 radical (unpaired) electrons. The average molecular weight is 105 g/mol. The first kappa shape index (κ1) is 3.62. The van der Waals surface area contributed by atoms with E-state index in [4.69, 9.17) is 0 Å². The summed E-state index contributed by atoms with van der Waals surface area (Å²) in [6.07, 6.45) is 1.30. The number of hydrogen-bond donors (Lipinski definition) is 0. The summed E-state index contributed by atoms with van der Waals surface area (Å²) in [7, 11) is 3.80. The van der Waals surface area contributed by atoms with Crippen molar-refractivity contribution < 1.29 is 0 Å². The fourth-order valence-corrected chi connectivity index (χ4v) is 2.17. The maximum atomic E-state index is 2.24. The van der Waals surface area contributed by atoms with E-state index in [2.05, 4.69) is 5.37 Å². The van der Waals surface area contributed by atoms with Gasteiger partial charge in [0, 0.05) is 6.42 Å². The maximum Gasteiger partial charge on any atom is 0.255 e. The Labute approximate surface area is 39.3 Å². The summed E-state index contributed by atoms with van der Waals surface area (Å²) in [5.74, 6) is 1.32. The third-order valence-electron chi connectivity index (χ3n) is 0.455. The molecule has 0 aromatic heterocycles. The summed E-state index contributed by atoms with van der Waals surface area (Å²) in [5.41, 5.74) is 0. The molecule has 0 aromatic rings. The lowest BCUT2D eigenvalue weighted by molar-refractivity contribution is 1.39. The first-order valence-electron chi connectivity index (χ1n) is 1.60. The highest BCUT2D eigenvalue weighted by atomic mass is 33.1. The summed E-state index contributed by atoms with van der Waals surface area (Å²) in [4.78, 5) is 0. The Balaban J connectivity index is 2.32. The van der Waals surface area contributed by atoms with Crippen molar-refractivity contribution in [1.82, 2.24) is 0 Å². The highest BCUT2D eigenvalue weighted by molar-refractivity contribution is 8.65. The molecule has 0 aromatic carbocycles. The second kappa shape index (κ2) is 1.78. The minimum absolute atomic E-state index is 1.30. The molecule has 0 fully saturated rings. The van der Waals surface area contributed by atoms with Crippen LogP contribution in [0.25, 0.3) is 0 Å². The van der Waals surface area contributed by atoms with E-state index < -0.39 is 0 Å². The Hall–Kier alpha value is 0.440. The highest BCUT2D eigenvalue weighted by Gasteiger charge is 2.03. The topological polar surface area (TPSA) is 0 Å². The van der Waals surface area contributed by atoms with E-state index in [1.807, 2.05) is 21.2 Å². The monoisotopic (exact) mass is 105 g/mol. The second-order valence-electron chi connectivity index (χ2n) is 0.874. The lowest BCUT2D eigenvalue weighted by Gasteiger charge is -1.55. The predicted octanol–water partition coefficient (Wildman–Crippen LogP) is 0.923. The van der Waals surface area contributed by atoms with Gasteiger partial charge in [0.05, 0.1) is 5.75 Å². The Kier molecular flexibility index (Phi) is 1.29. The molecule has 1 heterocycles. The fourth-order valence-electron chi connectivity index (χ4n) is 0.241. The molecule has 1 rings (SSSR count). The Morgan fingerprint density at radius 2 is 2.80 bits per heavy atom. The first-order chi connectivity index (χ1) is 2.50. The van der Waals surface area contributed by atoms with Crippen molar-refractivity contribution in [3.05, 3.63) is 0 Å². The van der Waals surface area contributed by atoms with Crippen molar-refractivity contribution in [2.24, 2.45) is 0 Å². The molecule has 2 heteroatoms. The van der Waals surface area contributed by atoms with Gasteiger partial charge in [0.25, 0.3) is 10.4 Å². The van der Waals surface area contributed by atoms with Gasteiger partial charge in [-0.15, -0.1) is 0 Å². The molecule has 28 valence electrons. The van der Waals surface area contributed by atoms with Gasteiger partial charge in [-0.2, -0.15) is 0 Å². The molecule has 0 atom stereocenters. The van der Waals surface area contributed by atoms with Crippen LogP contribution in [0.4, 0.5) is 0 Å². The maximum absolute atomic E-state index is 2.24. The molecule has 1 aliphatic rings. The quantitative estimate of drug-likeness (QED) is 0.251. The van der Waals surface area contributed by atoms with Gasteiger partial charge in [-0.1, -0.05) is 0 Å². The standard InChI is InChI=1S/C3H5S2/c1-2-4-5-3-1/h2H,1,3H2/q+1. The van der Waals surface area contributed by atoms with Crippen molar-refractivity contribution in [3.8, 4) is 0 Å². The van der Waals surface area contributed by atoms with Crippen LogP contribution in [0.5, 0.6) is 0 Å². The normalized spacial score (nSPS) is 20.8. The van der Waals surface area contributed by atoms with Crippen LogP contribution in [0.15, 0.2) is 0 Å². The summed E-state index contributed by atoms with van der Waals surface area (Å²) >= 11 is 0. The SMILES string of the molecule is C1=[S+]SCC1. The van der Waals surface area contributed by atoms with Gasteiger partial charge in [-0.3, -0.25) is 0 Å². The third-order valence-corrected chi connectivity index (χ3v) is 2.68. The van der Waals surface area contributed by atoms with E-state index in [0.717, 1.165) is 0 Å². The summed E-state index contributed by atoms with van der Waals surface area (Å²) in [6, 6.07) is 0. The first-order valence-corrected chi connectivity index (χ1v) is 3.98. The van der Waals surface area contributed by atoms with Crippen molar-refractivity contribution in [2.45, 2.75) is 6.42 Å². The molecule has 0 nitrogen and oxygen atoms in total. The van der Waals surface area contributed by atoms with E-state index in [0.29, 0.717) is 0 Å². The summed E-state index contributed by atoms with van der Waals surface area (Å²) in [6.45, 7) is 0. The van der Waals surface area contributed by atoms with Crippen LogP contribution >= 0.6 is 10.8 Å². The smallest absolute Gasteiger partial charge is 0.0346 e. The molecule has 0 unspecified atom stereocenters. The molecule has 5 heavy (non-hydrogen) atoms. The molecule has 0 spiro atoms. The molecule has 0 saturated heterocycles. The van der Waals surface area contributed by atoms with Gasteiger partial charge < -0.3 is 0 Å². The number of hydrogen-bond acceptors (Lipinski definition) is 1. The molecule has 0 bridgehead atoms. The van der Waals surface area contributed by atoms with Gasteiger partial charge >= 0.3 is 0 Å². The van der Waals surface area contributed by atoms with Crippen LogP contribution in [-0.2, 0) is 10.4 Å². The van der Waals surface area contributed by atoms with Crippen LogP contribution in [-0.4, -0.2) is 11.1 Å². The minimum atomic E-state index is 1.30. The molecule has 0 aliphatic carbocycles. The van der Waals surface area contributed by atoms with Gasteiger partial charge in [-0.05, 0) is 0 Å². The molecule has 1 aliphatic heterocycles. The van der Waals surface area contributed by atoms with Gasteiger partial charge in [0.15, 0.2) is 16.2 Å². The lowest BCUT2D eigenvalue weighted by atomic mass is 10.6. The minimum Gasteiger partial charge on any atom is 0.0346 e. The van der Waals surface area contributed by atoms with Crippen LogP contribution in [0, 0.1) is 0 Å². The van der Waals surface area contributed by atoms with E-state index in [1.54, 1.807) is 0 Å². The van der Waals surface area contributed by atoms with Gasteiger partial charge in [0.1, 0.15) is 0 Å². The highest BCUT2D eigenvalue weighted by Crippen LogP contribution is 2.04. The second-order valence-corrected chi connectivity index (χ2v) is 3.33. The van der Waals surface area contributed by atoms with E-state index >= 15 is 0 Å². The van der Waals surface area contributed by atoms with Gasteiger partial charge in [0.2, 0.25) is 0 Å². The predicted molar refractivity (Wildman–Crippen MR) is 30.5 cm³/mol. The third kappa shape index (κ3) is 0.893. The van der Waals surface area contributed by atoms with E-state index in [9.17, 15) is 0 Å². The van der Waals surface area contributed by atoms with Crippen LogP contribution in [0.1, 0.15) is 6.42 Å². The van der Waals surface area contributed by atoms with Crippen LogP contribution < -0.4 is 0 Å². The Morgan fingerprint density at radius 1 is 1.80 bits per heavy atom. The average Bonchev–Trinajstić information content (AvgIpc) is 1.76. The van der Waals surface area contributed by atoms with Crippen molar-refractivity contribution >= 4 is 26.5 Å². The van der Waals surface area contributed by atoms with Crippen LogP contribution in [0.2, 0.25) is 0 Å². The number of rotatable bonds is 0. The largest absolute Gasteiger partial charge is 0.255 e. The fraction of sp³-hybridized carbons (Fsp3) is 0.667. The lowest BCUT2D eigenvalue weighted by Crippen LogP contribution is -1.63. The molecular weight excluding hydrogens is 100 g/mol. The zero-order valence-electron chi connectivity index (χ0n) is 2.81. The van der Waals surface area contributed by atoms with E-state index in [1.165, 1.54) is 12.2 Å². The zero-order chi connectivity index (χ0) is 3.54. The van der Waals surface area contributed by atoms with Gasteiger partial charge in [-0.25, -0.2) is 0 Å². The molecule has 0 N–H and O–H groups in total. The van der Waals surface area contributed by atoms with Crippen molar-refractivity contribution in [1.29, 1.82) is 0 Å². The zero-order valence-corrected chi connectivity index (χ0v) is 4.44.